The number of hydrogen-bond donors (Lipinski definition) is 0. The summed E-state index contributed by atoms with van der Waals surface area (Å²) in [6, 6.07) is 7.48. The number of methoxy groups -OCH3 is 1. The Balaban J connectivity index is 1.51. The Kier molecular flexibility index (Phi) is 4.96. The van der Waals surface area contributed by atoms with Crippen LogP contribution in [0.5, 0.6) is 0 Å². The largest absolute Gasteiger partial charge is 0.464 e. The third-order valence-electron chi connectivity index (χ3n) is 5.98. The van der Waals surface area contributed by atoms with E-state index >= 15 is 0 Å². The summed E-state index contributed by atoms with van der Waals surface area (Å²) < 4.78 is 44.9. The summed E-state index contributed by atoms with van der Waals surface area (Å²) in [5.41, 5.74) is 0.765. The van der Waals surface area contributed by atoms with Crippen LogP contribution in [0.3, 0.4) is 0 Å². The Labute approximate surface area is 166 Å². The van der Waals surface area contributed by atoms with E-state index in [-0.39, 0.29) is 23.4 Å². The van der Waals surface area contributed by atoms with E-state index in [1.54, 1.807) is 25.1 Å². The van der Waals surface area contributed by atoms with Crippen molar-refractivity contribution in [2.45, 2.75) is 31.9 Å². The van der Waals surface area contributed by atoms with E-state index < -0.39 is 17.7 Å². The second-order valence-corrected chi connectivity index (χ2v) is 7.86. The van der Waals surface area contributed by atoms with Crippen LogP contribution in [0.4, 0.5) is 19.1 Å². The molecule has 5 nitrogen and oxygen atoms in total. The van der Waals surface area contributed by atoms with Gasteiger partial charge in [-0.05, 0) is 55.2 Å². The highest BCUT2D eigenvalue weighted by molar-refractivity contribution is 5.87. The molecular formula is C21H22F3N3O2. The van der Waals surface area contributed by atoms with Crippen LogP contribution < -0.4 is 4.90 Å². The summed E-state index contributed by atoms with van der Waals surface area (Å²) in [4.78, 5) is 22.6. The summed E-state index contributed by atoms with van der Waals surface area (Å²) in [6.07, 6.45) is -2.91. The fourth-order valence-corrected chi connectivity index (χ4v) is 4.73. The van der Waals surface area contributed by atoms with Gasteiger partial charge in [0, 0.05) is 18.8 Å². The fraction of sp³-hybridized carbons (Fsp3) is 0.476. The van der Waals surface area contributed by atoms with Gasteiger partial charge in [0.1, 0.15) is 0 Å². The summed E-state index contributed by atoms with van der Waals surface area (Å²) in [5, 5.41) is 0. The molecular weight excluding hydrogens is 383 g/mol. The molecule has 29 heavy (non-hydrogen) atoms. The molecule has 2 aromatic rings. The smallest absolute Gasteiger partial charge is 0.416 e. The van der Waals surface area contributed by atoms with Crippen molar-refractivity contribution in [2.24, 2.45) is 11.8 Å². The highest BCUT2D eigenvalue weighted by Crippen LogP contribution is 2.49. The van der Waals surface area contributed by atoms with Crippen molar-refractivity contribution in [3.63, 3.8) is 0 Å². The maximum atomic E-state index is 13.4. The maximum absolute atomic E-state index is 13.4. The molecule has 4 rings (SSSR count). The molecule has 2 heterocycles. The number of fused-ring (bicyclic) bond motifs is 1. The van der Waals surface area contributed by atoms with E-state index in [1.165, 1.54) is 19.2 Å². The molecule has 2 aliphatic rings. The van der Waals surface area contributed by atoms with Gasteiger partial charge in [-0.25, -0.2) is 14.8 Å². The molecule has 1 aromatic carbocycles. The summed E-state index contributed by atoms with van der Waals surface area (Å²) in [7, 11) is 1.30. The molecule has 8 heteroatoms. The van der Waals surface area contributed by atoms with Crippen LogP contribution in [0, 0.1) is 18.8 Å². The van der Waals surface area contributed by atoms with Crippen molar-refractivity contribution in [1.29, 1.82) is 0 Å². The first kappa shape index (κ1) is 19.7. The summed E-state index contributed by atoms with van der Waals surface area (Å²) >= 11 is 0. The van der Waals surface area contributed by atoms with Gasteiger partial charge in [0.05, 0.1) is 12.7 Å². The third-order valence-corrected chi connectivity index (χ3v) is 5.98. The molecule has 154 valence electrons. The molecule has 0 spiro atoms. The van der Waals surface area contributed by atoms with Crippen LogP contribution in [0.1, 0.15) is 46.1 Å². The quantitative estimate of drug-likeness (QED) is 0.716. The number of benzene rings is 1. The molecule has 1 aromatic heterocycles. The van der Waals surface area contributed by atoms with Gasteiger partial charge in [-0.1, -0.05) is 18.2 Å². The summed E-state index contributed by atoms with van der Waals surface area (Å²) in [6.45, 7) is 3.15. The highest BCUT2D eigenvalue weighted by Gasteiger charge is 2.44. The van der Waals surface area contributed by atoms with Crippen molar-refractivity contribution in [3.8, 4) is 0 Å². The first-order valence-electron chi connectivity index (χ1n) is 9.61. The van der Waals surface area contributed by atoms with E-state index in [9.17, 15) is 18.0 Å². The second kappa shape index (κ2) is 7.31. The Bertz CT molecular complexity index is 918. The Morgan fingerprint density at radius 2 is 1.79 bits per heavy atom. The minimum atomic E-state index is -4.33. The first-order chi connectivity index (χ1) is 13.8. The van der Waals surface area contributed by atoms with Crippen LogP contribution in [0.15, 0.2) is 30.3 Å². The van der Waals surface area contributed by atoms with E-state index in [0.717, 1.165) is 0 Å². The normalized spacial score (nSPS) is 23.9. The molecule has 1 saturated heterocycles. The molecule has 0 N–H and O–H groups in total. The molecule has 0 bridgehead atoms. The standard InChI is InChI=1S/C21H22F3N3O2/c1-12-7-18(19(28)29-2)26-20(25-12)27-10-14-8-13(9-15(14)11-27)16-5-3-4-6-17(16)21(22,23)24/h3-7,13-15H,8-11H2,1-2H3/t13?,14-,15+. The van der Waals surface area contributed by atoms with Gasteiger partial charge < -0.3 is 9.64 Å². The predicted octanol–water partition coefficient (Wildman–Crippen LogP) is 4.22. The third kappa shape index (κ3) is 3.80. The van der Waals surface area contributed by atoms with Crippen LogP contribution >= 0.6 is 0 Å². The molecule has 2 fully saturated rings. The second-order valence-electron chi connectivity index (χ2n) is 7.86. The lowest BCUT2D eigenvalue weighted by molar-refractivity contribution is -0.138. The Hall–Kier alpha value is -2.64. The number of hydrogen-bond acceptors (Lipinski definition) is 5. The zero-order chi connectivity index (χ0) is 20.8. The van der Waals surface area contributed by atoms with Gasteiger partial charge in [-0.3, -0.25) is 0 Å². The highest BCUT2D eigenvalue weighted by atomic mass is 19.4. The zero-order valence-electron chi connectivity index (χ0n) is 16.2. The van der Waals surface area contributed by atoms with Crippen LogP contribution in [-0.4, -0.2) is 36.1 Å². The molecule has 3 atom stereocenters. The SMILES string of the molecule is COC(=O)c1cc(C)nc(N2C[C@H]3CC(c4ccccc4C(F)(F)F)C[C@H]3C2)n1. The average Bonchev–Trinajstić information content (AvgIpc) is 3.25. The van der Waals surface area contributed by atoms with Crippen molar-refractivity contribution in [1.82, 2.24) is 9.97 Å². The molecule has 1 aliphatic carbocycles. The monoisotopic (exact) mass is 405 g/mol. The number of anilines is 1. The van der Waals surface area contributed by atoms with E-state index in [2.05, 4.69) is 9.97 Å². The average molecular weight is 405 g/mol. The number of nitrogens with zero attached hydrogens (tertiary/aromatic N) is 3. The first-order valence-corrected chi connectivity index (χ1v) is 9.61. The van der Waals surface area contributed by atoms with E-state index in [4.69, 9.17) is 4.74 Å². The topological polar surface area (TPSA) is 55.3 Å². The summed E-state index contributed by atoms with van der Waals surface area (Å²) in [5.74, 6) is 0.444. The lowest BCUT2D eigenvalue weighted by Gasteiger charge is -2.22. The number of ether oxygens (including phenoxy) is 1. The van der Waals surface area contributed by atoms with Crippen molar-refractivity contribution in [2.75, 3.05) is 25.1 Å². The van der Waals surface area contributed by atoms with Crippen molar-refractivity contribution < 1.29 is 22.7 Å². The number of aryl methyl sites for hydroxylation is 1. The van der Waals surface area contributed by atoms with E-state index in [0.29, 0.717) is 43.1 Å². The van der Waals surface area contributed by atoms with Gasteiger partial charge in [-0.2, -0.15) is 13.2 Å². The fourth-order valence-electron chi connectivity index (χ4n) is 4.73. The van der Waals surface area contributed by atoms with Gasteiger partial charge >= 0.3 is 12.1 Å². The van der Waals surface area contributed by atoms with Crippen molar-refractivity contribution in [3.05, 3.63) is 52.8 Å². The predicted molar refractivity (Wildman–Crippen MR) is 101 cm³/mol. The lowest BCUT2D eigenvalue weighted by Crippen LogP contribution is -2.25. The zero-order valence-corrected chi connectivity index (χ0v) is 16.2. The number of carbonyl (C=O) groups excluding carboxylic acids is 1. The minimum Gasteiger partial charge on any atom is -0.464 e. The number of alkyl halides is 3. The molecule has 1 aliphatic heterocycles. The van der Waals surface area contributed by atoms with E-state index in [1.807, 2.05) is 4.90 Å². The van der Waals surface area contributed by atoms with Crippen LogP contribution in [0.2, 0.25) is 0 Å². The number of esters is 1. The van der Waals surface area contributed by atoms with Gasteiger partial charge in [-0.15, -0.1) is 0 Å². The van der Waals surface area contributed by atoms with Gasteiger partial charge in [0.15, 0.2) is 5.69 Å². The molecule has 0 radical (unpaired) electrons. The number of rotatable bonds is 3. The van der Waals surface area contributed by atoms with Crippen LogP contribution in [-0.2, 0) is 10.9 Å². The molecule has 1 saturated carbocycles. The molecule has 0 amide bonds. The van der Waals surface area contributed by atoms with Gasteiger partial charge in [0.25, 0.3) is 0 Å². The minimum absolute atomic E-state index is 0.0889. The van der Waals surface area contributed by atoms with Crippen molar-refractivity contribution >= 4 is 11.9 Å². The maximum Gasteiger partial charge on any atom is 0.416 e. The molecule has 1 unspecified atom stereocenters. The van der Waals surface area contributed by atoms with Gasteiger partial charge in [0.2, 0.25) is 5.95 Å². The number of halogens is 3. The Morgan fingerprint density at radius 1 is 1.14 bits per heavy atom. The lowest BCUT2D eigenvalue weighted by atomic mass is 9.91. The number of carbonyl (C=O) groups is 1. The number of aromatic nitrogens is 2. The van der Waals surface area contributed by atoms with Crippen LogP contribution in [0.25, 0.3) is 0 Å². The Morgan fingerprint density at radius 3 is 2.41 bits per heavy atom.